The second-order valence-electron chi connectivity index (χ2n) is 8.83. The van der Waals surface area contributed by atoms with E-state index in [1.54, 1.807) is 12.4 Å². The van der Waals surface area contributed by atoms with E-state index in [1.807, 2.05) is 30.0 Å². The summed E-state index contributed by atoms with van der Waals surface area (Å²) >= 11 is 12.6. The monoisotopic (exact) mass is 561 g/mol. The Morgan fingerprint density at radius 2 is 1.76 bits per heavy atom. The maximum absolute atomic E-state index is 11.9. The van der Waals surface area contributed by atoms with Crippen LogP contribution in [0.5, 0.6) is 5.75 Å². The largest absolute Gasteiger partial charge is 0.486 e. The number of ether oxygens (including phenoxy) is 1. The number of hydrogen-bond donors (Lipinski definition) is 1. The number of H-pyrrole nitrogens is 1. The number of aromatic nitrogens is 5. The lowest BCUT2D eigenvalue weighted by Gasteiger charge is -2.20. The van der Waals surface area contributed by atoms with Crippen molar-refractivity contribution in [3.63, 3.8) is 0 Å². The van der Waals surface area contributed by atoms with Crippen molar-refractivity contribution in [3.05, 3.63) is 58.6 Å². The fourth-order valence-corrected chi connectivity index (χ4v) is 5.94. The molecule has 0 bridgehead atoms. The Labute approximate surface area is 224 Å². The molecular formula is C24H25Cl2N7O3S. The Morgan fingerprint density at radius 3 is 2.46 bits per heavy atom. The molecule has 1 atom stereocenters. The van der Waals surface area contributed by atoms with E-state index < -0.39 is 16.1 Å². The first-order valence-corrected chi connectivity index (χ1v) is 14.3. The third-order valence-electron chi connectivity index (χ3n) is 6.26. The van der Waals surface area contributed by atoms with Gasteiger partial charge in [0.2, 0.25) is 16.0 Å². The van der Waals surface area contributed by atoms with Crippen LogP contribution in [0.1, 0.15) is 25.0 Å². The predicted molar refractivity (Wildman–Crippen MR) is 144 cm³/mol. The van der Waals surface area contributed by atoms with E-state index in [4.69, 9.17) is 27.9 Å². The second kappa shape index (κ2) is 10.4. The van der Waals surface area contributed by atoms with Crippen molar-refractivity contribution in [1.29, 1.82) is 0 Å². The van der Waals surface area contributed by atoms with Crippen molar-refractivity contribution in [1.82, 2.24) is 29.5 Å². The van der Waals surface area contributed by atoms with Gasteiger partial charge < -0.3 is 9.64 Å². The van der Waals surface area contributed by atoms with E-state index in [2.05, 4.69) is 25.1 Å². The first kappa shape index (κ1) is 25.7. The van der Waals surface area contributed by atoms with Crippen LogP contribution in [0.25, 0.3) is 22.2 Å². The highest BCUT2D eigenvalue weighted by Crippen LogP contribution is 2.34. The number of benzene rings is 1. The minimum Gasteiger partial charge on any atom is -0.486 e. The minimum atomic E-state index is -3.22. The highest BCUT2D eigenvalue weighted by molar-refractivity contribution is 7.88. The maximum Gasteiger partial charge on any atom is 0.225 e. The Kier molecular flexibility index (Phi) is 7.21. The van der Waals surface area contributed by atoms with E-state index in [1.165, 1.54) is 23.0 Å². The van der Waals surface area contributed by atoms with Crippen molar-refractivity contribution < 1.29 is 13.2 Å². The highest BCUT2D eigenvalue weighted by Gasteiger charge is 2.23. The number of halogens is 2. The summed E-state index contributed by atoms with van der Waals surface area (Å²) in [6.45, 7) is 3.99. The molecule has 1 aliphatic rings. The third-order valence-corrected chi connectivity index (χ3v) is 8.17. The standard InChI is InChI=1S/C24H25Cl2N7O3S/c1-15(22-19(25)13-27-14-20(22)26)36-17-4-5-21-18(10-17)23(31-30-21)16-11-28-24(29-12-16)32-6-3-7-33(9-8-32)37(2,34)35/h4-5,10-15H,3,6-9H2,1-2H3,(H,30,31)/t15-/m1/s1. The van der Waals surface area contributed by atoms with Gasteiger partial charge in [0.25, 0.3) is 0 Å². The molecule has 0 radical (unpaired) electrons. The molecule has 3 aromatic heterocycles. The van der Waals surface area contributed by atoms with Crippen LogP contribution in [-0.4, -0.2) is 70.3 Å². The van der Waals surface area contributed by atoms with E-state index in [0.717, 1.165) is 16.5 Å². The number of rotatable bonds is 6. The predicted octanol–water partition coefficient (Wildman–Crippen LogP) is 4.33. The molecule has 0 spiro atoms. The van der Waals surface area contributed by atoms with Crippen molar-refractivity contribution >= 4 is 50.1 Å². The van der Waals surface area contributed by atoms with E-state index in [-0.39, 0.29) is 0 Å². The molecule has 0 saturated carbocycles. The van der Waals surface area contributed by atoms with Gasteiger partial charge in [0, 0.05) is 67.5 Å². The third kappa shape index (κ3) is 5.49. The van der Waals surface area contributed by atoms with Gasteiger partial charge in [-0.25, -0.2) is 22.7 Å². The molecule has 0 unspecified atom stereocenters. The number of aromatic amines is 1. The summed E-state index contributed by atoms with van der Waals surface area (Å²) < 4.78 is 31.4. The average molecular weight is 562 g/mol. The normalized spacial score (nSPS) is 16.1. The molecule has 37 heavy (non-hydrogen) atoms. The molecule has 4 heterocycles. The van der Waals surface area contributed by atoms with E-state index in [0.29, 0.717) is 65.6 Å². The van der Waals surface area contributed by atoms with Gasteiger partial charge in [-0.3, -0.25) is 10.1 Å². The van der Waals surface area contributed by atoms with Crippen LogP contribution in [0.2, 0.25) is 10.0 Å². The molecule has 1 fully saturated rings. The quantitative estimate of drug-likeness (QED) is 0.369. The minimum absolute atomic E-state index is 0.398. The van der Waals surface area contributed by atoms with Gasteiger partial charge in [-0.15, -0.1) is 0 Å². The molecular weight excluding hydrogens is 537 g/mol. The molecule has 0 aliphatic carbocycles. The first-order chi connectivity index (χ1) is 17.7. The molecule has 1 saturated heterocycles. The lowest BCUT2D eigenvalue weighted by molar-refractivity contribution is 0.227. The summed E-state index contributed by atoms with van der Waals surface area (Å²) in [4.78, 5) is 15.1. The van der Waals surface area contributed by atoms with Gasteiger partial charge in [0.15, 0.2) is 0 Å². The van der Waals surface area contributed by atoms with Crippen LogP contribution in [0.4, 0.5) is 5.95 Å². The summed E-state index contributed by atoms with van der Waals surface area (Å²) in [6.07, 6.45) is 8.08. The maximum atomic E-state index is 11.9. The summed E-state index contributed by atoms with van der Waals surface area (Å²) in [7, 11) is -3.22. The zero-order chi connectivity index (χ0) is 26.2. The number of pyridine rings is 1. The number of fused-ring (bicyclic) bond motifs is 1. The van der Waals surface area contributed by atoms with Gasteiger partial charge in [-0.2, -0.15) is 5.10 Å². The molecule has 1 N–H and O–H groups in total. The van der Waals surface area contributed by atoms with E-state index >= 15 is 0 Å². The first-order valence-electron chi connectivity index (χ1n) is 11.7. The van der Waals surface area contributed by atoms with Crippen molar-refractivity contribution in [2.45, 2.75) is 19.4 Å². The number of anilines is 1. The Balaban J connectivity index is 1.36. The van der Waals surface area contributed by atoms with Crippen LogP contribution >= 0.6 is 23.2 Å². The van der Waals surface area contributed by atoms with Crippen molar-refractivity contribution in [2.75, 3.05) is 37.3 Å². The number of hydrogen-bond acceptors (Lipinski definition) is 8. The van der Waals surface area contributed by atoms with Gasteiger partial charge in [0.05, 0.1) is 21.8 Å². The Hall–Kier alpha value is -2.99. The number of sulfonamides is 1. The molecule has 1 aromatic carbocycles. The zero-order valence-corrected chi connectivity index (χ0v) is 22.6. The lowest BCUT2D eigenvalue weighted by Crippen LogP contribution is -2.34. The summed E-state index contributed by atoms with van der Waals surface area (Å²) in [5.41, 5.74) is 2.95. The lowest BCUT2D eigenvalue weighted by atomic mass is 10.1. The van der Waals surface area contributed by atoms with Gasteiger partial charge >= 0.3 is 0 Å². The van der Waals surface area contributed by atoms with Crippen LogP contribution in [0.15, 0.2) is 43.0 Å². The topological polar surface area (TPSA) is 117 Å². The molecule has 10 nitrogen and oxygen atoms in total. The molecule has 0 amide bonds. The molecule has 5 rings (SSSR count). The fourth-order valence-electron chi connectivity index (χ4n) is 4.39. The van der Waals surface area contributed by atoms with Gasteiger partial charge in [-0.05, 0) is 31.5 Å². The van der Waals surface area contributed by atoms with Gasteiger partial charge in [-0.1, -0.05) is 23.2 Å². The van der Waals surface area contributed by atoms with Crippen LogP contribution < -0.4 is 9.64 Å². The second-order valence-corrected chi connectivity index (χ2v) is 11.6. The average Bonchev–Trinajstić information content (AvgIpc) is 3.10. The van der Waals surface area contributed by atoms with Crippen LogP contribution in [0.3, 0.4) is 0 Å². The summed E-state index contributed by atoms with van der Waals surface area (Å²) in [5, 5.41) is 9.24. The SMILES string of the molecule is C[C@@H](Oc1ccc2[nH]nc(-c3cnc(N4CCCN(S(C)(=O)=O)CC4)nc3)c2c1)c1c(Cl)cncc1Cl. The smallest absolute Gasteiger partial charge is 0.225 e. The van der Waals surface area contributed by atoms with Crippen molar-refractivity contribution in [3.8, 4) is 17.0 Å². The molecule has 1 aliphatic heterocycles. The van der Waals surface area contributed by atoms with Crippen LogP contribution in [0, 0.1) is 0 Å². The fraction of sp³-hybridized carbons (Fsp3) is 0.333. The zero-order valence-electron chi connectivity index (χ0n) is 20.2. The summed E-state index contributed by atoms with van der Waals surface area (Å²) in [6, 6.07) is 5.64. The highest BCUT2D eigenvalue weighted by atomic mass is 35.5. The van der Waals surface area contributed by atoms with Crippen molar-refractivity contribution in [2.24, 2.45) is 0 Å². The molecule has 194 valence electrons. The van der Waals surface area contributed by atoms with Gasteiger partial charge in [0.1, 0.15) is 17.5 Å². The number of nitrogens with zero attached hydrogens (tertiary/aromatic N) is 6. The van der Waals surface area contributed by atoms with Crippen LogP contribution in [-0.2, 0) is 10.0 Å². The summed E-state index contributed by atoms with van der Waals surface area (Å²) in [5.74, 6) is 1.19. The Bertz CT molecular complexity index is 1510. The van der Waals surface area contributed by atoms with E-state index in [9.17, 15) is 8.42 Å². The number of nitrogens with one attached hydrogen (secondary N) is 1. The Morgan fingerprint density at radius 1 is 1.03 bits per heavy atom. The molecule has 4 aromatic rings. The molecule has 13 heteroatoms.